The van der Waals surface area contributed by atoms with Crippen LogP contribution in [0.3, 0.4) is 0 Å². The molecule has 0 saturated heterocycles. The first-order chi connectivity index (χ1) is 18.2. The van der Waals surface area contributed by atoms with Gasteiger partial charge in [0, 0.05) is 16.8 Å². The number of carboxylic acid groups (broad SMARTS) is 1. The van der Waals surface area contributed by atoms with Gasteiger partial charge in [-0.15, -0.1) is 5.10 Å². The number of nitrogens with zero attached hydrogens (tertiary/aromatic N) is 5. The minimum absolute atomic E-state index is 0.0271. The van der Waals surface area contributed by atoms with Crippen LogP contribution in [0.5, 0.6) is 11.5 Å². The maximum absolute atomic E-state index is 15.6. The van der Waals surface area contributed by atoms with Crippen LogP contribution in [-0.2, 0) is 32.2 Å². The van der Waals surface area contributed by atoms with E-state index in [0.717, 1.165) is 0 Å². The van der Waals surface area contributed by atoms with Gasteiger partial charge in [-0.1, -0.05) is 17.7 Å². The van der Waals surface area contributed by atoms with Gasteiger partial charge in [-0.25, -0.2) is 18.7 Å². The number of fused-ring (bicyclic) bond motifs is 1. The highest BCUT2D eigenvalue weighted by molar-refractivity contribution is 9.10. The normalized spacial score (nSPS) is 10.8. The zero-order valence-electron chi connectivity index (χ0n) is 19.2. The van der Waals surface area contributed by atoms with E-state index in [1.807, 2.05) is 6.07 Å². The molecule has 0 saturated carbocycles. The molecule has 0 aliphatic carbocycles. The average Bonchev–Trinajstić information content (AvgIpc) is 3.23. The first-order valence-electron chi connectivity index (χ1n) is 10.7. The van der Waals surface area contributed by atoms with E-state index >= 15 is 4.39 Å². The number of benzene rings is 2. The molecule has 0 fully saturated rings. The van der Waals surface area contributed by atoms with Crippen molar-refractivity contribution in [3.63, 3.8) is 0 Å². The Hall–Kier alpha value is -4.12. The van der Waals surface area contributed by atoms with Crippen LogP contribution in [0.15, 0.2) is 47.1 Å². The summed E-state index contributed by atoms with van der Waals surface area (Å²) >= 11 is 9.32. The smallest absolute Gasteiger partial charge is 0.333 e. The Kier molecular flexibility index (Phi) is 8.47. The van der Waals surface area contributed by atoms with Crippen molar-refractivity contribution >= 4 is 50.5 Å². The highest BCUT2D eigenvalue weighted by Gasteiger charge is 2.20. The number of aliphatic carboxylic acids is 1. The van der Waals surface area contributed by atoms with Gasteiger partial charge in [-0.3, -0.25) is 0 Å². The molecule has 0 aliphatic rings. The Morgan fingerprint density at radius 3 is 2.79 bits per heavy atom. The number of hydrogen-bond acceptors (Lipinski definition) is 9. The molecule has 4 aromatic rings. The molecule has 0 unspecified atom stereocenters. The number of carbonyl (C=O) groups is 2. The summed E-state index contributed by atoms with van der Waals surface area (Å²) in [5, 5.41) is 30.8. The SMILES string of the molecule is N#Cc1cc(Cl)cc(Oc2c(Br)ccc(Cc3nn(COC(=O)COCC(=O)O)c4nnccc34)c2F)c1. The fourth-order valence-electron chi connectivity index (χ4n) is 3.39. The minimum Gasteiger partial charge on any atom is -0.480 e. The summed E-state index contributed by atoms with van der Waals surface area (Å²) in [6.45, 7) is -1.55. The summed E-state index contributed by atoms with van der Waals surface area (Å²) in [5.74, 6) is -2.60. The van der Waals surface area contributed by atoms with Crippen LogP contribution in [0.1, 0.15) is 16.8 Å². The minimum atomic E-state index is -1.22. The Morgan fingerprint density at radius 2 is 2.03 bits per heavy atom. The van der Waals surface area contributed by atoms with E-state index in [0.29, 0.717) is 21.2 Å². The van der Waals surface area contributed by atoms with Gasteiger partial charge < -0.3 is 19.3 Å². The van der Waals surface area contributed by atoms with Gasteiger partial charge in [-0.2, -0.15) is 15.5 Å². The third kappa shape index (κ3) is 6.41. The maximum atomic E-state index is 15.6. The topological polar surface area (TPSA) is 149 Å². The molecule has 0 bridgehead atoms. The van der Waals surface area contributed by atoms with Crippen LogP contribution in [-0.4, -0.2) is 50.2 Å². The largest absolute Gasteiger partial charge is 0.480 e. The molecule has 1 N–H and O–H groups in total. The molecule has 14 heteroatoms. The van der Waals surface area contributed by atoms with Crippen molar-refractivity contribution in [1.29, 1.82) is 5.26 Å². The number of nitriles is 1. The van der Waals surface area contributed by atoms with Crippen LogP contribution in [0.2, 0.25) is 5.02 Å². The van der Waals surface area contributed by atoms with E-state index in [1.54, 1.807) is 18.2 Å². The van der Waals surface area contributed by atoms with Gasteiger partial charge >= 0.3 is 11.9 Å². The molecule has 0 aliphatic heterocycles. The molecule has 0 radical (unpaired) electrons. The predicted octanol–water partition coefficient (Wildman–Crippen LogP) is 4.24. The van der Waals surface area contributed by atoms with Crippen molar-refractivity contribution in [2.75, 3.05) is 13.2 Å². The molecule has 194 valence electrons. The molecule has 0 amide bonds. The first kappa shape index (κ1) is 26.9. The maximum Gasteiger partial charge on any atom is 0.333 e. The number of ether oxygens (including phenoxy) is 3. The van der Waals surface area contributed by atoms with Gasteiger partial charge in [0.2, 0.25) is 0 Å². The number of halogens is 3. The quantitative estimate of drug-likeness (QED) is 0.260. The van der Waals surface area contributed by atoms with E-state index in [4.69, 9.17) is 36.2 Å². The second kappa shape index (κ2) is 12.0. The third-order valence-electron chi connectivity index (χ3n) is 5.00. The standard InChI is InChI=1S/C24H16BrClFN5O6/c25-18-2-1-14(22(27)23(18)38-16-6-13(9-28)5-15(26)8-16)7-19-17-3-4-29-30-24(17)32(31-19)12-37-21(35)11-36-10-20(33)34/h1-6,8H,7,10-12H2,(H,33,34). The van der Waals surface area contributed by atoms with Crippen molar-refractivity contribution in [1.82, 2.24) is 20.0 Å². The van der Waals surface area contributed by atoms with Gasteiger partial charge in [0.15, 0.2) is 23.9 Å². The molecule has 0 spiro atoms. The summed E-state index contributed by atoms with van der Waals surface area (Å²) in [5.41, 5.74) is 1.22. The summed E-state index contributed by atoms with van der Waals surface area (Å²) in [6, 6.07) is 11.1. The molecule has 38 heavy (non-hydrogen) atoms. The van der Waals surface area contributed by atoms with Crippen LogP contribution < -0.4 is 4.74 Å². The molecule has 2 aromatic heterocycles. The highest BCUT2D eigenvalue weighted by atomic mass is 79.9. The summed E-state index contributed by atoms with van der Waals surface area (Å²) in [4.78, 5) is 22.3. The predicted molar refractivity (Wildman–Crippen MR) is 133 cm³/mol. The Labute approximate surface area is 227 Å². The lowest BCUT2D eigenvalue weighted by Crippen LogP contribution is -2.18. The second-order valence-corrected chi connectivity index (χ2v) is 8.95. The lowest BCUT2D eigenvalue weighted by atomic mass is 10.1. The lowest BCUT2D eigenvalue weighted by molar-refractivity contribution is -0.155. The summed E-state index contributed by atoms with van der Waals surface area (Å²) in [7, 11) is 0. The highest BCUT2D eigenvalue weighted by Crippen LogP contribution is 2.36. The monoisotopic (exact) mass is 603 g/mol. The van der Waals surface area contributed by atoms with Gasteiger partial charge in [0.05, 0.1) is 28.0 Å². The summed E-state index contributed by atoms with van der Waals surface area (Å²) in [6.07, 6.45) is 1.47. The van der Waals surface area contributed by atoms with Gasteiger partial charge in [0.1, 0.15) is 19.0 Å². The van der Waals surface area contributed by atoms with E-state index in [2.05, 4.69) is 31.2 Å². The molecule has 0 atom stereocenters. The van der Waals surface area contributed by atoms with Crippen LogP contribution in [0.4, 0.5) is 4.39 Å². The fourth-order valence-corrected chi connectivity index (χ4v) is 4.00. The second-order valence-electron chi connectivity index (χ2n) is 7.66. The van der Waals surface area contributed by atoms with Crippen LogP contribution >= 0.6 is 27.5 Å². The number of carboxylic acids is 1. The van der Waals surface area contributed by atoms with Crippen LogP contribution in [0.25, 0.3) is 11.0 Å². The Balaban J connectivity index is 1.57. The fraction of sp³-hybridized carbons (Fsp3) is 0.167. The molecule has 11 nitrogen and oxygen atoms in total. The lowest BCUT2D eigenvalue weighted by Gasteiger charge is -2.12. The molecule has 2 aromatic carbocycles. The summed E-state index contributed by atoms with van der Waals surface area (Å²) < 4.78 is 32.7. The Bertz CT molecular complexity index is 1570. The zero-order chi connectivity index (χ0) is 27.2. The number of aromatic nitrogens is 4. The molecule has 4 rings (SSSR count). The number of carbonyl (C=O) groups excluding carboxylic acids is 1. The van der Waals surface area contributed by atoms with E-state index in [1.165, 1.54) is 29.1 Å². The Morgan fingerprint density at radius 1 is 1.21 bits per heavy atom. The van der Waals surface area contributed by atoms with Crippen molar-refractivity contribution in [3.8, 4) is 17.6 Å². The van der Waals surface area contributed by atoms with Crippen molar-refractivity contribution < 1.29 is 33.3 Å². The van der Waals surface area contributed by atoms with Crippen molar-refractivity contribution in [2.45, 2.75) is 13.2 Å². The third-order valence-corrected chi connectivity index (χ3v) is 5.84. The number of esters is 1. The zero-order valence-corrected chi connectivity index (χ0v) is 21.6. The van der Waals surface area contributed by atoms with E-state index in [-0.39, 0.29) is 40.8 Å². The average molecular weight is 605 g/mol. The molecular weight excluding hydrogens is 589 g/mol. The van der Waals surface area contributed by atoms with E-state index < -0.39 is 31.0 Å². The van der Waals surface area contributed by atoms with Crippen LogP contribution in [0, 0.1) is 17.1 Å². The van der Waals surface area contributed by atoms with Gasteiger partial charge in [0.25, 0.3) is 0 Å². The number of rotatable bonds is 10. The molecule has 2 heterocycles. The first-order valence-corrected chi connectivity index (χ1v) is 11.9. The van der Waals surface area contributed by atoms with Crippen molar-refractivity contribution in [3.05, 3.63) is 74.7 Å². The van der Waals surface area contributed by atoms with E-state index in [9.17, 15) is 9.59 Å². The molecular formula is C24H16BrClFN5O6. The number of hydrogen-bond donors (Lipinski definition) is 1. The van der Waals surface area contributed by atoms with Gasteiger partial charge in [-0.05, 0) is 51.8 Å². The van der Waals surface area contributed by atoms with Crippen molar-refractivity contribution in [2.24, 2.45) is 0 Å².